The van der Waals surface area contributed by atoms with Crippen LogP contribution in [-0.2, 0) is 27.9 Å². The van der Waals surface area contributed by atoms with Crippen molar-refractivity contribution in [3.63, 3.8) is 0 Å². The summed E-state index contributed by atoms with van der Waals surface area (Å²) < 4.78 is 13.4. The molecule has 4 aliphatic rings. The SMILES string of the molecule is Cn1cc(CN2C[C@H]3C[C@H]2C(=O)N2CCC(CC2)CN(C(=O)CC(C)(C)C)CCOCCOc2cccc(n2)C(=O)N3)cn1. The first-order chi connectivity index (χ1) is 21.0. The second kappa shape index (κ2) is 14.1. The van der Waals surface area contributed by atoms with E-state index < -0.39 is 0 Å². The predicted molar refractivity (Wildman–Crippen MR) is 164 cm³/mol. The van der Waals surface area contributed by atoms with E-state index in [1.54, 1.807) is 22.9 Å². The summed E-state index contributed by atoms with van der Waals surface area (Å²) in [6, 6.07) is 4.56. The van der Waals surface area contributed by atoms with E-state index in [1.807, 2.05) is 29.2 Å². The lowest BCUT2D eigenvalue weighted by Crippen LogP contribution is -2.49. The van der Waals surface area contributed by atoms with Crippen LogP contribution < -0.4 is 10.1 Å². The molecule has 3 amide bonds. The van der Waals surface area contributed by atoms with Gasteiger partial charge in [-0.1, -0.05) is 26.8 Å². The van der Waals surface area contributed by atoms with Crippen LogP contribution in [-0.4, -0.2) is 112 Å². The Kier molecular flexibility index (Phi) is 10.2. The monoisotopic (exact) mass is 609 g/mol. The molecule has 6 rings (SSSR count). The number of nitrogens with one attached hydrogen (secondary N) is 1. The van der Waals surface area contributed by atoms with E-state index in [9.17, 15) is 14.4 Å². The standard InChI is InChI=1S/C32H47N7O5/c1-32(2,3)17-29(40)38-12-13-43-14-15-44-28-7-5-6-26(35-28)30(41)34-25-16-27(31(42)37-10-8-23(20-38)9-11-37)39(22-25)21-24-18-33-36(4)19-24/h5-7,18-19,23,25,27H,8-17,20-22H2,1-4H3,(H,34,41)/t25-,27+/m1/s1. The zero-order valence-electron chi connectivity index (χ0n) is 26.5. The lowest BCUT2D eigenvalue weighted by Gasteiger charge is -2.37. The Bertz CT molecular complexity index is 1300. The third-order valence-electron chi connectivity index (χ3n) is 8.55. The van der Waals surface area contributed by atoms with Gasteiger partial charge in [0.2, 0.25) is 17.7 Å². The molecule has 0 saturated carbocycles. The van der Waals surface area contributed by atoms with Crippen LogP contribution in [0, 0.1) is 11.3 Å². The Labute approximate surface area is 260 Å². The van der Waals surface area contributed by atoms with Crippen molar-refractivity contribution in [1.82, 2.24) is 34.8 Å². The summed E-state index contributed by atoms with van der Waals surface area (Å²) >= 11 is 0. The number of hydrogen-bond donors (Lipinski definition) is 1. The second-order valence-corrected chi connectivity index (χ2v) is 13.5. The number of aromatic nitrogens is 3. The van der Waals surface area contributed by atoms with Crippen LogP contribution in [0.1, 0.15) is 62.5 Å². The minimum atomic E-state index is -0.351. The number of rotatable bonds is 3. The summed E-state index contributed by atoms with van der Waals surface area (Å²) in [6.45, 7) is 10.9. The zero-order valence-corrected chi connectivity index (χ0v) is 26.5. The molecule has 0 aromatic carbocycles. The molecule has 4 aliphatic heterocycles. The number of amides is 3. The van der Waals surface area contributed by atoms with Crippen molar-refractivity contribution >= 4 is 17.7 Å². The van der Waals surface area contributed by atoms with Gasteiger partial charge < -0.3 is 24.6 Å². The average Bonchev–Trinajstić information content (AvgIpc) is 3.58. The number of fused-ring (bicyclic) bond motifs is 10. The molecule has 6 heterocycles. The molecule has 2 saturated heterocycles. The van der Waals surface area contributed by atoms with Crippen LogP contribution in [0.5, 0.6) is 5.88 Å². The number of pyridine rings is 1. The van der Waals surface area contributed by atoms with Gasteiger partial charge in [-0.15, -0.1) is 0 Å². The second-order valence-electron chi connectivity index (χ2n) is 13.5. The maximum absolute atomic E-state index is 14.0. The van der Waals surface area contributed by atoms with Crippen LogP contribution >= 0.6 is 0 Å². The van der Waals surface area contributed by atoms with E-state index in [0.717, 1.165) is 18.4 Å². The fourth-order valence-electron chi connectivity index (χ4n) is 6.33. The van der Waals surface area contributed by atoms with Gasteiger partial charge in [-0.25, -0.2) is 4.98 Å². The lowest BCUT2D eigenvalue weighted by atomic mass is 9.90. The van der Waals surface area contributed by atoms with E-state index in [2.05, 4.69) is 41.1 Å². The molecule has 1 N–H and O–H groups in total. The predicted octanol–water partition coefficient (Wildman–Crippen LogP) is 2.10. The summed E-state index contributed by atoms with van der Waals surface area (Å²) in [6.07, 6.45) is 6.46. The van der Waals surface area contributed by atoms with Crippen LogP contribution in [0.3, 0.4) is 0 Å². The summed E-state index contributed by atoms with van der Waals surface area (Å²) in [5, 5.41) is 7.41. The van der Waals surface area contributed by atoms with Gasteiger partial charge in [-0.2, -0.15) is 5.10 Å². The zero-order chi connectivity index (χ0) is 31.3. The van der Waals surface area contributed by atoms with Gasteiger partial charge in [0, 0.05) is 76.6 Å². The third kappa shape index (κ3) is 8.56. The van der Waals surface area contributed by atoms with Gasteiger partial charge in [0.15, 0.2) is 0 Å². The summed E-state index contributed by atoms with van der Waals surface area (Å²) in [5.41, 5.74) is 1.17. The number of ether oxygens (including phenoxy) is 2. The first kappa shape index (κ1) is 31.9. The molecule has 2 aromatic rings. The number of aryl methyl sites for hydroxylation is 1. The van der Waals surface area contributed by atoms with Crippen LogP contribution in [0.4, 0.5) is 0 Å². The van der Waals surface area contributed by atoms with Crippen molar-refractivity contribution in [2.45, 2.75) is 65.1 Å². The van der Waals surface area contributed by atoms with E-state index in [0.29, 0.717) is 77.1 Å². The molecule has 2 fully saturated rings. The topological polar surface area (TPSA) is 122 Å². The molecular formula is C32H47N7O5. The van der Waals surface area contributed by atoms with Crippen molar-refractivity contribution in [3.8, 4) is 5.88 Å². The van der Waals surface area contributed by atoms with Crippen LogP contribution in [0.2, 0.25) is 0 Å². The molecule has 0 spiro atoms. The van der Waals surface area contributed by atoms with Crippen LogP contribution in [0.15, 0.2) is 30.6 Å². The fraction of sp³-hybridized carbons (Fsp3) is 0.656. The minimum Gasteiger partial charge on any atom is -0.475 e. The molecule has 12 heteroatoms. The number of likely N-dealkylation sites (tertiary alicyclic amines) is 1. The third-order valence-corrected chi connectivity index (χ3v) is 8.55. The molecule has 2 atom stereocenters. The van der Waals surface area contributed by atoms with E-state index >= 15 is 0 Å². The van der Waals surface area contributed by atoms with Crippen molar-refractivity contribution in [2.24, 2.45) is 18.4 Å². The van der Waals surface area contributed by atoms with Crippen molar-refractivity contribution in [1.29, 1.82) is 0 Å². The van der Waals surface area contributed by atoms with Crippen LogP contribution in [0.25, 0.3) is 0 Å². The van der Waals surface area contributed by atoms with Gasteiger partial charge in [-0.05, 0) is 36.7 Å². The highest BCUT2D eigenvalue weighted by Crippen LogP contribution is 2.27. The summed E-state index contributed by atoms with van der Waals surface area (Å²) in [7, 11) is 1.88. The smallest absolute Gasteiger partial charge is 0.270 e. The summed E-state index contributed by atoms with van der Waals surface area (Å²) in [5.74, 6) is 0.599. The fourth-order valence-corrected chi connectivity index (χ4v) is 6.33. The molecule has 0 unspecified atom stereocenters. The Balaban J connectivity index is 1.34. The normalized spacial score (nSPS) is 24.5. The molecule has 6 bridgehead atoms. The van der Waals surface area contributed by atoms with Crippen molar-refractivity contribution in [2.75, 3.05) is 52.5 Å². The number of carbonyl (C=O) groups excluding carboxylic acids is 3. The Hall–Kier alpha value is -3.51. The maximum Gasteiger partial charge on any atom is 0.270 e. The number of carbonyl (C=O) groups is 3. The number of hydrogen-bond acceptors (Lipinski definition) is 8. The van der Waals surface area contributed by atoms with Crippen molar-refractivity contribution < 1.29 is 23.9 Å². The summed E-state index contributed by atoms with van der Waals surface area (Å²) in [4.78, 5) is 51.0. The van der Waals surface area contributed by atoms with Gasteiger partial charge in [0.25, 0.3) is 5.91 Å². The number of nitrogens with zero attached hydrogens (tertiary/aromatic N) is 6. The molecule has 44 heavy (non-hydrogen) atoms. The largest absolute Gasteiger partial charge is 0.475 e. The van der Waals surface area contributed by atoms with Gasteiger partial charge in [0.1, 0.15) is 12.3 Å². The molecule has 240 valence electrons. The molecule has 0 radical (unpaired) electrons. The Morgan fingerprint density at radius 1 is 1.07 bits per heavy atom. The first-order valence-corrected chi connectivity index (χ1v) is 15.8. The molecule has 12 nitrogen and oxygen atoms in total. The highest BCUT2D eigenvalue weighted by molar-refractivity contribution is 5.92. The molecule has 0 aliphatic carbocycles. The van der Waals surface area contributed by atoms with Gasteiger partial charge >= 0.3 is 0 Å². The van der Waals surface area contributed by atoms with Gasteiger partial charge in [0.05, 0.1) is 25.5 Å². The van der Waals surface area contributed by atoms with Gasteiger partial charge in [-0.3, -0.25) is 24.0 Å². The highest BCUT2D eigenvalue weighted by Gasteiger charge is 2.40. The molecular weight excluding hydrogens is 562 g/mol. The quantitative estimate of drug-likeness (QED) is 0.526. The molecule has 2 aromatic heterocycles. The Morgan fingerprint density at radius 3 is 2.59 bits per heavy atom. The minimum absolute atomic E-state index is 0.0950. The van der Waals surface area contributed by atoms with Crippen molar-refractivity contribution in [3.05, 3.63) is 41.9 Å². The highest BCUT2D eigenvalue weighted by atomic mass is 16.5. The average molecular weight is 610 g/mol. The van der Waals surface area contributed by atoms with E-state index in [4.69, 9.17) is 9.47 Å². The first-order valence-electron chi connectivity index (χ1n) is 15.8. The number of piperidine rings is 1. The van der Waals surface area contributed by atoms with E-state index in [-0.39, 0.29) is 47.5 Å². The maximum atomic E-state index is 14.0. The lowest BCUT2D eigenvalue weighted by molar-refractivity contribution is -0.139. The Morgan fingerprint density at radius 2 is 1.86 bits per heavy atom. The van der Waals surface area contributed by atoms with E-state index in [1.165, 1.54) is 0 Å².